The van der Waals surface area contributed by atoms with Crippen LogP contribution in [0.25, 0.3) is 0 Å². The predicted octanol–water partition coefficient (Wildman–Crippen LogP) is 2.15. The number of rotatable bonds is 8. The fourth-order valence-electron chi connectivity index (χ4n) is 2.05. The first-order chi connectivity index (χ1) is 10.6. The molecular weight excluding hydrogens is 316 g/mol. The third-order valence-corrected chi connectivity index (χ3v) is 4.70. The Morgan fingerprint density at radius 3 is 2.30 bits per heavy atom. The van der Waals surface area contributed by atoms with Gasteiger partial charge in [-0.3, -0.25) is 9.10 Å². The highest BCUT2D eigenvalue weighted by atomic mass is 32.2. The van der Waals surface area contributed by atoms with Crippen molar-refractivity contribution in [3.63, 3.8) is 0 Å². The number of nitrogens with one attached hydrogen (secondary N) is 1. The van der Waals surface area contributed by atoms with E-state index in [-0.39, 0.29) is 11.9 Å². The summed E-state index contributed by atoms with van der Waals surface area (Å²) in [7, 11) is -1.81. The Morgan fingerprint density at radius 2 is 1.83 bits per heavy atom. The van der Waals surface area contributed by atoms with Gasteiger partial charge in [-0.25, -0.2) is 8.42 Å². The van der Waals surface area contributed by atoms with Crippen molar-refractivity contribution < 1.29 is 17.9 Å². The number of nitrogens with zero attached hydrogens (tertiary/aromatic N) is 1. The van der Waals surface area contributed by atoms with Crippen molar-refractivity contribution in [3.05, 3.63) is 24.3 Å². The van der Waals surface area contributed by atoms with E-state index in [1.54, 1.807) is 31.2 Å². The van der Waals surface area contributed by atoms with Gasteiger partial charge in [0.25, 0.3) is 5.91 Å². The zero-order chi connectivity index (χ0) is 17.6. The Balaban J connectivity index is 2.66. The molecule has 2 atom stereocenters. The van der Waals surface area contributed by atoms with E-state index in [2.05, 4.69) is 12.2 Å². The number of carbonyl (C=O) groups is 1. The Morgan fingerprint density at radius 1 is 1.26 bits per heavy atom. The Labute approximate surface area is 138 Å². The number of sulfonamides is 1. The van der Waals surface area contributed by atoms with Crippen LogP contribution in [0.3, 0.4) is 0 Å². The average Bonchev–Trinajstić information content (AvgIpc) is 2.46. The minimum atomic E-state index is -3.30. The summed E-state index contributed by atoms with van der Waals surface area (Å²) in [6, 6.07) is 6.69. The average molecular weight is 342 g/mol. The van der Waals surface area contributed by atoms with E-state index in [0.717, 1.165) is 19.1 Å². The molecule has 0 heterocycles. The van der Waals surface area contributed by atoms with E-state index >= 15 is 0 Å². The van der Waals surface area contributed by atoms with Gasteiger partial charge in [-0.15, -0.1) is 0 Å². The lowest BCUT2D eigenvalue weighted by Gasteiger charge is -2.19. The van der Waals surface area contributed by atoms with Crippen LogP contribution in [0.2, 0.25) is 0 Å². The van der Waals surface area contributed by atoms with Gasteiger partial charge in [0.05, 0.1) is 11.9 Å². The number of amides is 1. The molecule has 0 aliphatic rings. The highest BCUT2D eigenvalue weighted by molar-refractivity contribution is 7.92. The van der Waals surface area contributed by atoms with Gasteiger partial charge in [-0.05, 0) is 44.5 Å². The standard InChI is InChI=1S/C16H26N2O4S/c1-6-7-12(2)17-16(19)13(3)22-15-10-8-14(9-11-15)18(4)23(5,20)21/h8-13H,6-7H2,1-5H3,(H,17,19)/t12-,13-/m1/s1. The van der Waals surface area contributed by atoms with E-state index in [0.29, 0.717) is 11.4 Å². The number of hydrogen-bond acceptors (Lipinski definition) is 4. The van der Waals surface area contributed by atoms with Crippen molar-refractivity contribution >= 4 is 21.6 Å². The Bertz CT molecular complexity index is 613. The maximum absolute atomic E-state index is 12.0. The Hall–Kier alpha value is -1.76. The number of carbonyl (C=O) groups excluding carboxylic acids is 1. The van der Waals surface area contributed by atoms with Gasteiger partial charge in [0.2, 0.25) is 10.0 Å². The number of hydrogen-bond donors (Lipinski definition) is 1. The molecule has 0 saturated heterocycles. The van der Waals surface area contributed by atoms with Crippen LogP contribution in [0, 0.1) is 0 Å². The molecule has 0 aromatic heterocycles. The predicted molar refractivity (Wildman–Crippen MR) is 92.3 cm³/mol. The molecule has 1 amide bonds. The van der Waals surface area contributed by atoms with Crippen LogP contribution >= 0.6 is 0 Å². The maximum atomic E-state index is 12.0. The molecule has 0 bridgehead atoms. The van der Waals surface area contributed by atoms with E-state index in [1.165, 1.54) is 11.4 Å². The second kappa shape index (κ2) is 8.19. The topological polar surface area (TPSA) is 75.7 Å². The van der Waals surface area contributed by atoms with Crippen molar-refractivity contribution in [2.24, 2.45) is 0 Å². The second-order valence-electron chi connectivity index (χ2n) is 5.68. The molecule has 23 heavy (non-hydrogen) atoms. The van der Waals surface area contributed by atoms with Crippen LogP contribution in [0.4, 0.5) is 5.69 Å². The van der Waals surface area contributed by atoms with Crippen molar-refractivity contribution in [2.45, 2.75) is 45.8 Å². The highest BCUT2D eigenvalue weighted by Gasteiger charge is 2.17. The van der Waals surface area contributed by atoms with Gasteiger partial charge in [0.1, 0.15) is 5.75 Å². The summed E-state index contributed by atoms with van der Waals surface area (Å²) < 4.78 is 29.7. The summed E-state index contributed by atoms with van der Waals surface area (Å²) in [6.07, 6.45) is 2.45. The molecule has 0 saturated carbocycles. The van der Waals surface area contributed by atoms with Gasteiger partial charge in [-0.1, -0.05) is 13.3 Å². The van der Waals surface area contributed by atoms with E-state index in [1.807, 2.05) is 6.92 Å². The lowest BCUT2D eigenvalue weighted by Crippen LogP contribution is -2.41. The molecule has 1 aromatic rings. The molecule has 7 heteroatoms. The monoisotopic (exact) mass is 342 g/mol. The van der Waals surface area contributed by atoms with Crippen LogP contribution in [-0.2, 0) is 14.8 Å². The third kappa shape index (κ3) is 6.09. The van der Waals surface area contributed by atoms with E-state index in [9.17, 15) is 13.2 Å². The summed E-state index contributed by atoms with van der Waals surface area (Å²) >= 11 is 0. The van der Waals surface area contributed by atoms with Crippen LogP contribution < -0.4 is 14.4 Å². The van der Waals surface area contributed by atoms with Crippen LogP contribution in [0.1, 0.15) is 33.6 Å². The molecular formula is C16H26N2O4S. The molecule has 1 N–H and O–H groups in total. The normalized spacial score (nSPS) is 14.0. The first kappa shape index (κ1) is 19.3. The molecule has 1 rings (SSSR count). The summed E-state index contributed by atoms with van der Waals surface area (Å²) in [5.74, 6) is 0.352. The quantitative estimate of drug-likeness (QED) is 0.785. The lowest BCUT2D eigenvalue weighted by molar-refractivity contribution is -0.127. The SMILES string of the molecule is CCC[C@@H](C)NC(=O)[C@@H](C)Oc1ccc(N(C)S(C)(=O)=O)cc1. The molecule has 0 radical (unpaired) electrons. The first-order valence-corrected chi connectivity index (χ1v) is 9.51. The van der Waals surface area contributed by atoms with E-state index in [4.69, 9.17) is 4.74 Å². The second-order valence-corrected chi connectivity index (χ2v) is 7.70. The zero-order valence-corrected chi connectivity index (χ0v) is 15.2. The molecule has 1 aromatic carbocycles. The number of benzene rings is 1. The van der Waals surface area contributed by atoms with Crippen LogP contribution in [0.5, 0.6) is 5.75 Å². The number of anilines is 1. The van der Waals surface area contributed by atoms with Crippen molar-refractivity contribution in [1.29, 1.82) is 0 Å². The van der Waals surface area contributed by atoms with Crippen molar-refractivity contribution in [2.75, 3.05) is 17.6 Å². The molecule has 0 spiro atoms. The minimum absolute atomic E-state index is 0.115. The molecule has 0 unspecified atom stereocenters. The highest BCUT2D eigenvalue weighted by Crippen LogP contribution is 2.21. The van der Waals surface area contributed by atoms with Gasteiger partial charge >= 0.3 is 0 Å². The molecule has 0 aliphatic heterocycles. The third-order valence-electron chi connectivity index (χ3n) is 3.49. The van der Waals surface area contributed by atoms with Crippen molar-refractivity contribution in [3.8, 4) is 5.75 Å². The van der Waals surface area contributed by atoms with Gasteiger partial charge in [-0.2, -0.15) is 0 Å². The summed E-state index contributed by atoms with van der Waals surface area (Å²) in [5, 5.41) is 2.90. The summed E-state index contributed by atoms with van der Waals surface area (Å²) in [5.41, 5.74) is 0.536. The fourth-order valence-corrected chi connectivity index (χ4v) is 2.55. The van der Waals surface area contributed by atoms with Gasteiger partial charge < -0.3 is 10.1 Å². The number of ether oxygens (including phenoxy) is 1. The van der Waals surface area contributed by atoms with E-state index < -0.39 is 16.1 Å². The zero-order valence-electron chi connectivity index (χ0n) is 14.4. The summed E-state index contributed by atoms with van der Waals surface area (Å²) in [6.45, 7) is 5.71. The fraction of sp³-hybridized carbons (Fsp3) is 0.562. The van der Waals surface area contributed by atoms with Gasteiger partial charge in [0.15, 0.2) is 6.10 Å². The molecule has 6 nitrogen and oxygen atoms in total. The maximum Gasteiger partial charge on any atom is 0.260 e. The smallest absolute Gasteiger partial charge is 0.260 e. The lowest BCUT2D eigenvalue weighted by atomic mass is 10.2. The molecule has 0 fully saturated rings. The van der Waals surface area contributed by atoms with Crippen LogP contribution in [0.15, 0.2) is 24.3 Å². The molecule has 0 aliphatic carbocycles. The summed E-state index contributed by atoms with van der Waals surface area (Å²) in [4.78, 5) is 12.0. The minimum Gasteiger partial charge on any atom is -0.481 e. The molecule has 130 valence electrons. The van der Waals surface area contributed by atoms with Gasteiger partial charge in [0, 0.05) is 13.1 Å². The Kier molecular flexibility index (Phi) is 6.87. The van der Waals surface area contributed by atoms with Crippen LogP contribution in [-0.4, -0.2) is 39.8 Å². The first-order valence-electron chi connectivity index (χ1n) is 7.66. The largest absolute Gasteiger partial charge is 0.481 e. The van der Waals surface area contributed by atoms with Crippen molar-refractivity contribution in [1.82, 2.24) is 5.32 Å².